The number of aryl methyl sites for hydroxylation is 1. The lowest BCUT2D eigenvalue weighted by Gasteiger charge is -2.30. The number of hydrogen-bond donors (Lipinski definition) is 1. The van der Waals surface area contributed by atoms with Crippen molar-refractivity contribution in [3.05, 3.63) is 41.5 Å². The average Bonchev–Trinajstić information content (AvgIpc) is 2.86. The van der Waals surface area contributed by atoms with E-state index in [1.807, 2.05) is 0 Å². The van der Waals surface area contributed by atoms with Crippen LogP contribution in [-0.2, 0) is 15.6 Å². The highest BCUT2D eigenvalue weighted by Gasteiger charge is 2.41. The van der Waals surface area contributed by atoms with Gasteiger partial charge in [0.15, 0.2) is 17.5 Å². The van der Waals surface area contributed by atoms with Crippen molar-refractivity contribution in [3.63, 3.8) is 0 Å². The normalized spacial score (nSPS) is 18.0. The van der Waals surface area contributed by atoms with Gasteiger partial charge in [-0.1, -0.05) is 30.8 Å². The summed E-state index contributed by atoms with van der Waals surface area (Å²) in [6.45, 7) is 1.63. The van der Waals surface area contributed by atoms with E-state index in [0.29, 0.717) is 24.8 Å². The molecular weight excluding hydrogens is 352 g/mol. The molecule has 1 fully saturated rings. The number of aromatic nitrogens is 2. The van der Waals surface area contributed by atoms with Gasteiger partial charge in [-0.05, 0) is 31.0 Å². The van der Waals surface area contributed by atoms with Crippen molar-refractivity contribution in [2.45, 2.75) is 55.9 Å². The van der Waals surface area contributed by atoms with E-state index in [1.165, 1.54) is 0 Å². The molecule has 0 atom stereocenters. The van der Waals surface area contributed by atoms with Crippen LogP contribution in [0.25, 0.3) is 0 Å². The highest BCUT2D eigenvalue weighted by atomic mass is 32.2. The first-order valence-corrected chi connectivity index (χ1v) is 9.61. The van der Waals surface area contributed by atoms with E-state index in [2.05, 4.69) is 14.9 Å². The maximum Gasteiger partial charge on any atom is 0.241 e. The van der Waals surface area contributed by atoms with Gasteiger partial charge in [0.1, 0.15) is 0 Å². The van der Waals surface area contributed by atoms with Crippen molar-refractivity contribution in [1.82, 2.24) is 14.9 Å². The van der Waals surface area contributed by atoms with E-state index in [0.717, 1.165) is 37.8 Å². The zero-order chi connectivity index (χ0) is 18.1. The van der Waals surface area contributed by atoms with Gasteiger partial charge in [0.2, 0.25) is 15.9 Å². The third-order valence-electron chi connectivity index (χ3n) is 4.44. The lowest BCUT2D eigenvalue weighted by molar-refractivity contribution is 0.301. The molecule has 1 heterocycles. The van der Waals surface area contributed by atoms with E-state index in [1.54, 1.807) is 6.92 Å². The summed E-state index contributed by atoms with van der Waals surface area (Å²) in [5, 5.41) is 3.92. The van der Waals surface area contributed by atoms with Gasteiger partial charge in [0.25, 0.3) is 0 Å². The van der Waals surface area contributed by atoms with Crippen molar-refractivity contribution >= 4 is 10.0 Å². The van der Waals surface area contributed by atoms with E-state index in [9.17, 15) is 17.2 Å². The lowest BCUT2D eigenvalue weighted by Crippen LogP contribution is -2.46. The molecule has 0 saturated heterocycles. The Morgan fingerprint density at radius 1 is 1.12 bits per heavy atom. The fourth-order valence-electron chi connectivity index (χ4n) is 3.16. The molecule has 25 heavy (non-hydrogen) atoms. The van der Waals surface area contributed by atoms with Crippen LogP contribution in [0.4, 0.5) is 8.78 Å². The second-order valence-electron chi connectivity index (χ2n) is 6.31. The fraction of sp³-hybridized carbons (Fsp3) is 0.500. The molecule has 1 saturated carbocycles. The summed E-state index contributed by atoms with van der Waals surface area (Å²) < 4.78 is 59.8. The van der Waals surface area contributed by atoms with Crippen molar-refractivity contribution in [1.29, 1.82) is 0 Å². The molecule has 0 bridgehead atoms. The van der Waals surface area contributed by atoms with Crippen molar-refractivity contribution in [3.8, 4) is 0 Å². The van der Waals surface area contributed by atoms with Crippen LogP contribution in [0.1, 0.15) is 50.2 Å². The summed E-state index contributed by atoms with van der Waals surface area (Å²) in [6.07, 6.45) is 4.57. The zero-order valence-electron chi connectivity index (χ0n) is 13.8. The number of sulfonamides is 1. The Hall–Kier alpha value is -1.87. The molecule has 0 unspecified atom stereocenters. The Morgan fingerprint density at radius 2 is 1.80 bits per heavy atom. The van der Waals surface area contributed by atoms with Crippen LogP contribution in [-0.4, -0.2) is 18.6 Å². The summed E-state index contributed by atoms with van der Waals surface area (Å²) in [5.74, 6) is -1.70. The monoisotopic (exact) mass is 371 g/mol. The lowest BCUT2D eigenvalue weighted by atomic mass is 9.91. The maximum absolute atomic E-state index is 13.5. The summed E-state index contributed by atoms with van der Waals surface area (Å²) in [6, 6.07) is 2.50. The summed E-state index contributed by atoms with van der Waals surface area (Å²) in [4.78, 5) is 3.88. The molecule has 1 aliphatic rings. The van der Waals surface area contributed by atoms with Crippen LogP contribution in [0.3, 0.4) is 0 Å². The number of nitrogens with zero attached hydrogens (tertiary/aromatic N) is 2. The highest BCUT2D eigenvalue weighted by molar-refractivity contribution is 7.89. The van der Waals surface area contributed by atoms with Gasteiger partial charge in [-0.15, -0.1) is 0 Å². The Balaban J connectivity index is 2.00. The molecule has 2 aromatic rings. The molecule has 1 aliphatic carbocycles. The number of nitrogens with one attached hydrogen (secondary N) is 1. The molecule has 1 aromatic heterocycles. The first-order valence-electron chi connectivity index (χ1n) is 8.12. The molecule has 3 rings (SSSR count). The Morgan fingerprint density at radius 3 is 2.36 bits per heavy atom. The fourth-order valence-corrected chi connectivity index (χ4v) is 4.59. The maximum atomic E-state index is 13.5. The van der Waals surface area contributed by atoms with Crippen molar-refractivity contribution in [2.75, 3.05) is 0 Å². The third kappa shape index (κ3) is 3.72. The molecule has 0 radical (unpaired) electrons. The molecule has 1 N–H and O–H groups in total. The van der Waals surface area contributed by atoms with Gasteiger partial charge in [-0.25, -0.2) is 17.2 Å². The van der Waals surface area contributed by atoms with E-state index < -0.39 is 27.2 Å². The van der Waals surface area contributed by atoms with Gasteiger partial charge in [-0.2, -0.15) is 9.71 Å². The summed E-state index contributed by atoms with van der Waals surface area (Å²) in [5.41, 5.74) is -1.02. The molecule has 1 aromatic carbocycles. The minimum Gasteiger partial charge on any atom is -0.340 e. The number of rotatable bonds is 4. The zero-order valence-corrected chi connectivity index (χ0v) is 14.6. The van der Waals surface area contributed by atoms with Gasteiger partial charge in [-0.3, -0.25) is 0 Å². The molecule has 136 valence electrons. The highest BCUT2D eigenvalue weighted by Crippen LogP contribution is 2.36. The molecular formula is C16H19F2N3O3S. The van der Waals surface area contributed by atoms with Gasteiger partial charge in [0.05, 0.1) is 10.4 Å². The molecule has 6 nitrogen and oxygen atoms in total. The average molecular weight is 371 g/mol. The van der Waals surface area contributed by atoms with Crippen LogP contribution < -0.4 is 4.72 Å². The van der Waals surface area contributed by atoms with Crippen LogP contribution >= 0.6 is 0 Å². The Kier molecular flexibility index (Phi) is 4.88. The largest absolute Gasteiger partial charge is 0.340 e. The summed E-state index contributed by atoms with van der Waals surface area (Å²) in [7, 11) is -4.09. The first kappa shape index (κ1) is 17.9. The van der Waals surface area contributed by atoms with Crippen LogP contribution in [0, 0.1) is 18.6 Å². The molecule has 0 amide bonds. The Labute approximate surface area is 144 Å². The molecule has 0 spiro atoms. The van der Waals surface area contributed by atoms with E-state index in [-0.39, 0.29) is 10.7 Å². The summed E-state index contributed by atoms with van der Waals surface area (Å²) >= 11 is 0. The number of benzene rings is 1. The minimum atomic E-state index is -4.09. The molecule has 0 aliphatic heterocycles. The van der Waals surface area contributed by atoms with E-state index >= 15 is 0 Å². The van der Waals surface area contributed by atoms with Gasteiger partial charge < -0.3 is 4.52 Å². The van der Waals surface area contributed by atoms with Crippen molar-refractivity contribution < 1.29 is 21.7 Å². The van der Waals surface area contributed by atoms with Gasteiger partial charge in [0, 0.05) is 6.92 Å². The third-order valence-corrected chi connectivity index (χ3v) is 5.98. The number of halogens is 2. The topological polar surface area (TPSA) is 85.1 Å². The molecule has 9 heteroatoms. The smallest absolute Gasteiger partial charge is 0.241 e. The first-order chi connectivity index (χ1) is 11.8. The van der Waals surface area contributed by atoms with Crippen LogP contribution in [0.5, 0.6) is 0 Å². The standard InChI is InChI=1S/C16H19F2N3O3S/c1-11-19-15(20-24-11)16(8-4-2-3-5-9-16)21-25(22,23)12-6-7-13(17)14(18)10-12/h6-7,10,21H,2-5,8-9H2,1H3. The predicted octanol–water partition coefficient (Wildman–Crippen LogP) is 3.18. The predicted molar refractivity (Wildman–Crippen MR) is 85.1 cm³/mol. The number of hydrogen-bond acceptors (Lipinski definition) is 5. The Bertz CT molecular complexity index is 859. The second kappa shape index (κ2) is 6.80. The minimum absolute atomic E-state index is 0.276. The van der Waals surface area contributed by atoms with E-state index in [4.69, 9.17) is 4.52 Å². The van der Waals surface area contributed by atoms with Crippen LogP contribution in [0.15, 0.2) is 27.6 Å². The SMILES string of the molecule is Cc1nc(C2(NS(=O)(=O)c3ccc(F)c(F)c3)CCCCCC2)no1. The van der Waals surface area contributed by atoms with Gasteiger partial charge >= 0.3 is 0 Å². The van der Waals surface area contributed by atoms with Crippen molar-refractivity contribution in [2.24, 2.45) is 0 Å². The second-order valence-corrected chi connectivity index (χ2v) is 8.00. The quantitative estimate of drug-likeness (QED) is 0.835. The van der Waals surface area contributed by atoms with Crippen LogP contribution in [0.2, 0.25) is 0 Å².